The molecule has 1 N–H and O–H groups in total. The van der Waals surface area contributed by atoms with Gasteiger partial charge in [0, 0.05) is 18.9 Å². The van der Waals surface area contributed by atoms with Crippen molar-refractivity contribution in [3.63, 3.8) is 0 Å². The second kappa shape index (κ2) is 9.02. The number of likely N-dealkylation sites (tertiary alicyclic amines) is 1. The maximum atomic E-state index is 13.1. The SMILES string of the molecule is COc1ccccc1/C(O)=C1\C(=O)C(=O)N(Cc2cccnc2)C1c1ccc(Cl)c(Cl)c1. The molecule has 1 aliphatic rings. The monoisotopic (exact) mass is 468 g/mol. The Morgan fingerprint density at radius 2 is 1.88 bits per heavy atom. The van der Waals surface area contributed by atoms with Crippen molar-refractivity contribution in [2.45, 2.75) is 12.6 Å². The van der Waals surface area contributed by atoms with Crippen molar-refractivity contribution in [1.82, 2.24) is 9.88 Å². The van der Waals surface area contributed by atoms with Crippen molar-refractivity contribution >= 4 is 40.7 Å². The van der Waals surface area contributed by atoms with E-state index in [0.717, 1.165) is 5.56 Å². The van der Waals surface area contributed by atoms with Crippen LogP contribution in [0.3, 0.4) is 0 Å². The summed E-state index contributed by atoms with van der Waals surface area (Å²) >= 11 is 12.3. The molecule has 1 aromatic heterocycles. The molecule has 0 spiro atoms. The number of carbonyl (C=O) groups excluding carboxylic acids is 2. The van der Waals surface area contributed by atoms with Crippen molar-refractivity contribution in [2.75, 3.05) is 7.11 Å². The maximum Gasteiger partial charge on any atom is 0.295 e. The molecule has 0 radical (unpaired) electrons. The van der Waals surface area contributed by atoms with Crippen molar-refractivity contribution in [1.29, 1.82) is 0 Å². The van der Waals surface area contributed by atoms with E-state index >= 15 is 0 Å². The summed E-state index contributed by atoms with van der Waals surface area (Å²) in [7, 11) is 1.46. The molecular weight excluding hydrogens is 451 g/mol. The molecule has 162 valence electrons. The van der Waals surface area contributed by atoms with E-state index < -0.39 is 17.7 Å². The Kier molecular flexibility index (Phi) is 6.17. The van der Waals surface area contributed by atoms with Gasteiger partial charge >= 0.3 is 0 Å². The van der Waals surface area contributed by atoms with Crippen LogP contribution in [0.1, 0.15) is 22.7 Å². The first-order valence-corrected chi connectivity index (χ1v) is 10.4. The molecule has 8 heteroatoms. The molecule has 3 aromatic rings. The van der Waals surface area contributed by atoms with Crippen molar-refractivity contribution in [3.05, 3.63) is 99.3 Å². The lowest BCUT2D eigenvalue weighted by Gasteiger charge is -2.25. The number of aliphatic hydroxyl groups is 1. The Balaban J connectivity index is 1.91. The molecule has 2 heterocycles. The van der Waals surface area contributed by atoms with Crippen molar-refractivity contribution in [3.8, 4) is 5.75 Å². The normalized spacial score (nSPS) is 17.6. The quantitative estimate of drug-likeness (QED) is 0.323. The van der Waals surface area contributed by atoms with Crippen molar-refractivity contribution in [2.24, 2.45) is 0 Å². The van der Waals surface area contributed by atoms with Crippen molar-refractivity contribution < 1.29 is 19.4 Å². The molecule has 0 bridgehead atoms. The summed E-state index contributed by atoms with van der Waals surface area (Å²) < 4.78 is 5.34. The van der Waals surface area contributed by atoms with E-state index in [0.29, 0.717) is 21.9 Å². The van der Waals surface area contributed by atoms with Gasteiger partial charge in [-0.05, 0) is 41.5 Å². The molecule has 4 rings (SSSR count). The van der Waals surface area contributed by atoms with Crippen LogP contribution in [0, 0.1) is 0 Å². The van der Waals surface area contributed by atoms with Crippen LogP contribution in [-0.2, 0) is 16.1 Å². The molecule has 32 heavy (non-hydrogen) atoms. The van der Waals surface area contributed by atoms with E-state index in [1.54, 1.807) is 67.0 Å². The number of ether oxygens (including phenoxy) is 1. The summed E-state index contributed by atoms with van der Waals surface area (Å²) in [4.78, 5) is 31.7. The third kappa shape index (κ3) is 3.95. The van der Waals surface area contributed by atoms with E-state index in [1.165, 1.54) is 12.0 Å². The molecule has 1 unspecified atom stereocenters. The van der Waals surface area contributed by atoms with E-state index in [4.69, 9.17) is 27.9 Å². The Morgan fingerprint density at radius 1 is 1.09 bits per heavy atom. The number of aromatic nitrogens is 1. The molecule has 1 saturated heterocycles. The predicted molar refractivity (Wildman–Crippen MR) is 122 cm³/mol. The standard InChI is InChI=1S/C24H18Cl2N2O4/c1-32-19-7-3-2-6-16(19)22(29)20-21(15-8-9-17(25)18(26)11-15)28(24(31)23(20)30)13-14-5-4-10-27-12-14/h2-12,21,29H,13H2,1H3/b22-20+. The van der Waals surface area contributed by atoms with Crippen LogP contribution in [0.25, 0.3) is 5.76 Å². The van der Waals surface area contributed by atoms with Crippen LogP contribution >= 0.6 is 23.2 Å². The van der Waals surface area contributed by atoms with Gasteiger partial charge in [0.2, 0.25) is 0 Å². The fourth-order valence-electron chi connectivity index (χ4n) is 3.75. The number of hydrogen-bond donors (Lipinski definition) is 1. The predicted octanol–water partition coefficient (Wildman–Crippen LogP) is 5.02. The number of rotatable bonds is 5. The van der Waals surface area contributed by atoms with Crippen LogP contribution in [-0.4, -0.2) is 33.8 Å². The Hall–Kier alpha value is -3.35. The summed E-state index contributed by atoms with van der Waals surface area (Å²) in [5.41, 5.74) is 1.52. The van der Waals surface area contributed by atoms with Crippen LogP contribution in [0.15, 0.2) is 72.6 Å². The minimum atomic E-state index is -0.880. The van der Waals surface area contributed by atoms with Gasteiger partial charge in [0.1, 0.15) is 11.5 Å². The summed E-state index contributed by atoms with van der Waals surface area (Å²) in [5.74, 6) is -1.49. The largest absolute Gasteiger partial charge is 0.507 e. The van der Waals surface area contributed by atoms with E-state index in [1.807, 2.05) is 0 Å². The second-order valence-electron chi connectivity index (χ2n) is 7.16. The van der Waals surface area contributed by atoms with Gasteiger partial charge in [-0.15, -0.1) is 0 Å². The number of nitrogens with zero attached hydrogens (tertiary/aromatic N) is 2. The van der Waals surface area contributed by atoms with Crippen LogP contribution in [0.5, 0.6) is 5.75 Å². The number of carbonyl (C=O) groups is 2. The van der Waals surface area contributed by atoms with E-state index in [2.05, 4.69) is 4.98 Å². The number of Topliss-reactive ketones (excluding diaryl/α,β-unsaturated/α-hetero) is 1. The topological polar surface area (TPSA) is 79.7 Å². The molecular formula is C24H18Cl2N2O4. The molecule has 1 amide bonds. The van der Waals surface area contributed by atoms with Gasteiger partial charge in [-0.25, -0.2) is 0 Å². The van der Waals surface area contributed by atoms with Gasteiger partial charge in [0.05, 0.1) is 34.3 Å². The number of halogens is 2. The zero-order valence-corrected chi connectivity index (χ0v) is 18.5. The molecule has 1 fully saturated rings. The maximum absolute atomic E-state index is 13.1. The average molecular weight is 469 g/mol. The third-order valence-corrected chi connectivity index (χ3v) is 5.98. The lowest BCUT2D eigenvalue weighted by Crippen LogP contribution is -2.29. The lowest BCUT2D eigenvalue weighted by atomic mass is 9.95. The molecule has 0 aliphatic carbocycles. The number of aliphatic hydroxyl groups excluding tert-OH is 1. The highest BCUT2D eigenvalue weighted by molar-refractivity contribution is 6.46. The fraction of sp³-hybridized carbons (Fsp3) is 0.125. The van der Waals surface area contributed by atoms with Gasteiger partial charge in [0.25, 0.3) is 11.7 Å². The number of para-hydroxylation sites is 1. The van der Waals surface area contributed by atoms with Gasteiger partial charge in [-0.1, -0.05) is 47.5 Å². The van der Waals surface area contributed by atoms with E-state index in [-0.39, 0.29) is 22.9 Å². The van der Waals surface area contributed by atoms with Gasteiger partial charge < -0.3 is 14.7 Å². The number of pyridine rings is 1. The van der Waals surface area contributed by atoms with Gasteiger partial charge in [-0.3, -0.25) is 14.6 Å². The second-order valence-corrected chi connectivity index (χ2v) is 7.98. The molecule has 2 aromatic carbocycles. The number of hydrogen-bond acceptors (Lipinski definition) is 5. The number of methoxy groups -OCH3 is 1. The Morgan fingerprint density at radius 3 is 2.56 bits per heavy atom. The van der Waals surface area contributed by atoms with Gasteiger partial charge in [0.15, 0.2) is 0 Å². The number of ketones is 1. The first kappa shape index (κ1) is 21.9. The van der Waals surface area contributed by atoms with Gasteiger partial charge in [-0.2, -0.15) is 0 Å². The molecule has 0 saturated carbocycles. The fourth-order valence-corrected chi connectivity index (χ4v) is 4.05. The molecule has 1 aliphatic heterocycles. The molecule has 6 nitrogen and oxygen atoms in total. The Bertz CT molecular complexity index is 1230. The first-order chi connectivity index (χ1) is 15.4. The van der Waals surface area contributed by atoms with Crippen LogP contribution in [0.4, 0.5) is 0 Å². The highest BCUT2D eigenvalue weighted by atomic mass is 35.5. The smallest absolute Gasteiger partial charge is 0.295 e. The summed E-state index contributed by atoms with van der Waals surface area (Å²) in [6, 6.07) is 14.3. The van der Waals surface area contributed by atoms with E-state index in [9.17, 15) is 14.7 Å². The summed E-state index contributed by atoms with van der Waals surface area (Å²) in [5, 5.41) is 11.8. The lowest BCUT2D eigenvalue weighted by molar-refractivity contribution is -0.140. The average Bonchev–Trinajstić information content (AvgIpc) is 3.06. The molecule has 1 atom stereocenters. The highest BCUT2D eigenvalue weighted by Gasteiger charge is 2.46. The van der Waals surface area contributed by atoms with Crippen LogP contribution < -0.4 is 4.74 Å². The Labute approximate surface area is 194 Å². The summed E-state index contributed by atoms with van der Waals surface area (Å²) in [6.07, 6.45) is 3.24. The number of benzene rings is 2. The zero-order valence-electron chi connectivity index (χ0n) is 17.0. The summed E-state index contributed by atoms with van der Waals surface area (Å²) in [6.45, 7) is 0.117. The zero-order chi connectivity index (χ0) is 22.8. The van der Waals surface area contributed by atoms with Crippen LogP contribution in [0.2, 0.25) is 10.0 Å². The highest BCUT2D eigenvalue weighted by Crippen LogP contribution is 2.42. The minimum Gasteiger partial charge on any atom is -0.507 e. The minimum absolute atomic E-state index is 0.0539. The first-order valence-electron chi connectivity index (χ1n) is 9.68. The third-order valence-electron chi connectivity index (χ3n) is 5.24. The number of amides is 1.